The molecule has 3 rings (SSSR count). The van der Waals surface area contributed by atoms with Crippen LogP contribution in [0.4, 0.5) is 0 Å². The minimum Gasteiger partial charge on any atom is -0.495 e. The molecule has 1 aromatic heterocycles. The standard InChI is InChI=1S/C19H18ClNO2/c1-23-17-10-5-9-15-16(13-21(18(15)17)12-6-11-20)19(22)14-7-3-2-4-8-14/h2-5,7-10,13H,6,11-12H2,1H3. The summed E-state index contributed by atoms with van der Waals surface area (Å²) in [5.41, 5.74) is 2.32. The van der Waals surface area contributed by atoms with Crippen LogP contribution in [0.2, 0.25) is 0 Å². The number of hydrogen-bond acceptors (Lipinski definition) is 2. The summed E-state index contributed by atoms with van der Waals surface area (Å²) in [7, 11) is 1.65. The highest BCUT2D eigenvalue weighted by molar-refractivity contribution is 6.18. The maximum atomic E-state index is 12.9. The van der Waals surface area contributed by atoms with Crippen molar-refractivity contribution < 1.29 is 9.53 Å². The van der Waals surface area contributed by atoms with Gasteiger partial charge < -0.3 is 9.30 Å². The third-order valence-electron chi connectivity index (χ3n) is 3.89. The van der Waals surface area contributed by atoms with E-state index in [1.54, 1.807) is 7.11 Å². The van der Waals surface area contributed by atoms with Crippen molar-refractivity contribution in [3.05, 3.63) is 65.9 Å². The predicted molar refractivity (Wildman–Crippen MR) is 93.7 cm³/mol. The number of alkyl halides is 1. The van der Waals surface area contributed by atoms with Crippen LogP contribution in [-0.4, -0.2) is 23.3 Å². The van der Waals surface area contributed by atoms with Crippen molar-refractivity contribution >= 4 is 28.3 Å². The lowest BCUT2D eigenvalue weighted by molar-refractivity contribution is 0.104. The molecule has 0 radical (unpaired) electrons. The van der Waals surface area contributed by atoms with E-state index in [4.69, 9.17) is 16.3 Å². The Hall–Kier alpha value is -2.26. The number of aromatic nitrogens is 1. The summed E-state index contributed by atoms with van der Waals surface area (Å²) in [6.07, 6.45) is 2.75. The number of carbonyl (C=O) groups is 1. The highest BCUT2D eigenvalue weighted by Crippen LogP contribution is 2.31. The van der Waals surface area contributed by atoms with Crippen LogP contribution in [0, 0.1) is 0 Å². The van der Waals surface area contributed by atoms with Crippen molar-refractivity contribution in [2.75, 3.05) is 13.0 Å². The second kappa shape index (κ2) is 6.88. The molecular formula is C19H18ClNO2. The average Bonchev–Trinajstić information content (AvgIpc) is 2.99. The van der Waals surface area contributed by atoms with Crippen LogP contribution in [0.1, 0.15) is 22.3 Å². The van der Waals surface area contributed by atoms with Gasteiger partial charge in [0.15, 0.2) is 5.78 Å². The zero-order valence-corrected chi connectivity index (χ0v) is 13.7. The number of fused-ring (bicyclic) bond motifs is 1. The number of ether oxygens (including phenoxy) is 1. The smallest absolute Gasteiger partial charge is 0.195 e. The van der Waals surface area contributed by atoms with Crippen LogP contribution in [0.15, 0.2) is 54.7 Å². The molecule has 0 saturated carbocycles. The molecular weight excluding hydrogens is 310 g/mol. The minimum atomic E-state index is 0.0217. The summed E-state index contributed by atoms with van der Waals surface area (Å²) in [6.45, 7) is 0.752. The zero-order valence-electron chi connectivity index (χ0n) is 13.0. The van der Waals surface area contributed by atoms with Gasteiger partial charge in [-0.2, -0.15) is 0 Å². The number of nitrogens with zero attached hydrogens (tertiary/aromatic N) is 1. The quantitative estimate of drug-likeness (QED) is 0.492. The number of aryl methyl sites for hydroxylation is 1. The summed E-state index contributed by atoms with van der Waals surface area (Å²) in [5.74, 6) is 1.37. The number of benzene rings is 2. The minimum absolute atomic E-state index is 0.0217. The van der Waals surface area contributed by atoms with Gasteiger partial charge in [-0.3, -0.25) is 4.79 Å². The largest absolute Gasteiger partial charge is 0.495 e. The molecule has 0 N–H and O–H groups in total. The summed E-state index contributed by atoms with van der Waals surface area (Å²) in [6, 6.07) is 15.1. The first-order valence-corrected chi connectivity index (χ1v) is 8.11. The molecule has 0 aliphatic rings. The van der Waals surface area contributed by atoms with Crippen molar-refractivity contribution in [2.45, 2.75) is 13.0 Å². The molecule has 4 heteroatoms. The Morgan fingerprint density at radius 3 is 2.61 bits per heavy atom. The van der Waals surface area contributed by atoms with Gasteiger partial charge >= 0.3 is 0 Å². The molecule has 0 saturated heterocycles. The molecule has 3 nitrogen and oxygen atoms in total. The third-order valence-corrected chi connectivity index (χ3v) is 4.16. The van der Waals surface area contributed by atoms with Crippen molar-refractivity contribution in [1.29, 1.82) is 0 Å². The number of halogens is 1. The maximum Gasteiger partial charge on any atom is 0.195 e. The van der Waals surface area contributed by atoms with E-state index in [1.165, 1.54) is 0 Å². The fraction of sp³-hybridized carbons (Fsp3) is 0.211. The molecule has 3 aromatic rings. The van der Waals surface area contributed by atoms with E-state index in [1.807, 2.05) is 54.7 Å². The lowest BCUT2D eigenvalue weighted by Crippen LogP contribution is -2.01. The Kier molecular flexibility index (Phi) is 4.68. The van der Waals surface area contributed by atoms with E-state index in [0.29, 0.717) is 17.0 Å². The van der Waals surface area contributed by atoms with Crippen molar-refractivity contribution in [1.82, 2.24) is 4.57 Å². The number of ketones is 1. The molecule has 2 aromatic carbocycles. The van der Waals surface area contributed by atoms with Crippen molar-refractivity contribution in [2.24, 2.45) is 0 Å². The van der Waals surface area contributed by atoms with Crippen LogP contribution >= 0.6 is 11.6 Å². The van der Waals surface area contributed by atoms with E-state index in [-0.39, 0.29) is 5.78 Å². The number of hydrogen-bond donors (Lipinski definition) is 0. The first-order valence-electron chi connectivity index (χ1n) is 7.58. The average molecular weight is 328 g/mol. The van der Waals surface area contributed by atoms with Gasteiger partial charge in [0.2, 0.25) is 0 Å². The van der Waals surface area contributed by atoms with Crippen molar-refractivity contribution in [3.8, 4) is 5.75 Å². The molecule has 0 amide bonds. The molecule has 23 heavy (non-hydrogen) atoms. The van der Waals surface area contributed by atoms with Crippen LogP contribution in [-0.2, 0) is 6.54 Å². The van der Waals surface area contributed by atoms with Gasteiger partial charge in [-0.25, -0.2) is 0 Å². The summed E-state index contributed by atoms with van der Waals surface area (Å²) < 4.78 is 7.54. The molecule has 0 atom stereocenters. The van der Waals surface area contributed by atoms with Gasteiger partial charge in [-0.05, 0) is 12.5 Å². The Labute approximate surface area is 140 Å². The van der Waals surface area contributed by atoms with E-state index < -0.39 is 0 Å². The highest BCUT2D eigenvalue weighted by Gasteiger charge is 2.18. The highest BCUT2D eigenvalue weighted by atomic mass is 35.5. The van der Waals surface area contributed by atoms with Gasteiger partial charge in [0.05, 0.1) is 12.6 Å². The van der Waals surface area contributed by atoms with E-state index in [9.17, 15) is 4.79 Å². The molecule has 0 aliphatic heterocycles. The Bertz CT molecular complexity index is 824. The molecule has 118 valence electrons. The lowest BCUT2D eigenvalue weighted by Gasteiger charge is -2.07. The first-order chi connectivity index (χ1) is 11.3. The van der Waals surface area contributed by atoms with E-state index in [0.717, 1.165) is 29.6 Å². The Morgan fingerprint density at radius 2 is 1.91 bits per heavy atom. The van der Waals surface area contributed by atoms with Gasteiger partial charge in [-0.1, -0.05) is 42.5 Å². The van der Waals surface area contributed by atoms with Crippen LogP contribution in [0.5, 0.6) is 5.75 Å². The number of carbonyl (C=O) groups excluding carboxylic acids is 1. The summed E-state index contributed by atoms with van der Waals surface area (Å²) >= 11 is 5.83. The van der Waals surface area contributed by atoms with Crippen LogP contribution in [0.3, 0.4) is 0 Å². The number of rotatable bonds is 6. The molecule has 0 aliphatic carbocycles. The van der Waals surface area contributed by atoms with Crippen LogP contribution < -0.4 is 4.74 Å². The topological polar surface area (TPSA) is 31.2 Å². The van der Waals surface area contributed by atoms with Crippen molar-refractivity contribution in [3.63, 3.8) is 0 Å². The zero-order chi connectivity index (χ0) is 16.2. The van der Waals surface area contributed by atoms with E-state index in [2.05, 4.69) is 4.57 Å². The fourth-order valence-electron chi connectivity index (χ4n) is 2.82. The number of para-hydroxylation sites is 1. The second-order valence-corrected chi connectivity index (χ2v) is 5.71. The SMILES string of the molecule is COc1cccc2c(C(=O)c3ccccc3)cn(CCCCl)c12. The third kappa shape index (κ3) is 2.97. The summed E-state index contributed by atoms with van der Waals surface area (Å²) in [5, 5.41) is 0.910. The van der Waals surface area contributed by atoms with Gasteiger partial charge in [-0.15, -0.1) is 11.6 Å². The van der Waals surface area contributed by atoms with E-state index >= 15 is 0 Å². The predicted octanol–water partition coefficient (Wildman–Crippen LogP) is 4.51. The monoisotopic (exact) mass is 327 g/mol. The Morgan fingerprint density at radius 1 is 1.13 bits per heavy atom. The Balaban J connectivity index is 2.16. The normalized spacial score (nSPS) is 10.9. The fourth-order valence-corrected chi connectivity index (χ4v) is 2.94. The molecule has 1 heterocycles. The molecule has 0 bridgehead atoms. The summed E-state index contributed by atoms with van der Waals surface area (Å²) in [4.78, 5) is 12.9. The van der Waals surface area contributed by atoms with Gasteiger partial charge in [0, 0.05) is 35.1 Å². The van der Waals surface area contributed by atoms with Gasteiger partial charge in [0.25, 0.3) is 0 Å². The maximum absolute atomic E-state index is 12.9. The van der Waals surface area contributed by atoms with Gasteiger partial charge in [0.1, 0.15) is 5.75 Å². The molecule has 0 fully saturated rings. The number of methoxy groups -OCH3 is 1. The lowest BCUT2D eigenvalue weighted by atomic mass is 10.0. The first kappa shape index (κ1) is 15.6. The molecule has 0 spiro atoms. The molecule has 0 unspecified atom stereocenters. The van der Waals surface area contributed by atoms with Crippen LogP contribution in [0.25, 0.3) is 10.9 Å². The second-order valence-electron chi connectivity index (χ2n) is 5.33.